The SMILES string of the molecule is CC1C(=O)N(C)C(=O)C1(C)C1(C)C(=O)N(C)C(=O)C1(C)C1C(=O)N(C)C(=O)C1(C)C. The summed E-state index contributed by atoms with van der Waals surface area (Å²) in [6, 6.07) is 0. The highest BCUT2D eigenvalue weighted by atomic mass is 16.2. The summed E-state index contributed by atoms with van der Waals surface area (Å²) in [7, 11) is 4.01. The van der Waals surface area contributed by atoms with Crippen LogP contribution >= 0.6 is 0 Å². The summed E-state index contributed by atoms with van der Waals surface area (Å²) in [5.74, 6) is -5.39. The number of rotatable bonds is 2. The Balaban J connectivity index is 2.39. The standard InChI is InChI=1S/C21H29N3O6/c1-10-12(25)22(7)15(28)19(10,4)21(6)17(30)24(9)16(29)20(21,5)11-13(26)23(8)14(27)18(11,2)3/h10-11H,1-9H3. The number of likely N-dealkylation sites (tertiary alicyclic amines) is 3. The van der Waals surface area contributed by atoms with Gasteiger partial charge in [0.05, 0.1) is 33.5 Å². The van der Waals surface area contributed by atoms with Gasteiger partial charge in [0.25, 0.3) is 0 Å². The lowest BCUT2D eigenvalue weighted by atomic mass is 9.45. The van der Waals surface area contributed by atoms with Gasteiger partial charge in [-0.25, -0.2) is 0 Å². The molecule has 3 saturated heterocycles. The molecule has 9 heteroatoms. The van der Waals surface area contributed by atoms with E-state index in [1.165, 1.54) is 41.9 Å². The normalized spacial score (nSPS) is 41.7. The van der Waals surface area contributed by atoms with E-state index in [2.05, 4.69) is 0 Å². The van der Waals surface area contributed by atoms with Crippen molar-refractivity contribution in [2.75, 3.05) is 21.1 Å². The second kappa shape index (κ2) is 5.76. The predicted molar refractivity (Wildman–Crippen MR) is 104 cm³/mol. The van der Waals surface area contributed by atoms with Crippen molar-refractivity contribution in [1.29, 1.82) is 0 Å². The van der Waals surface area contributed by atoms with Crippen LogP contribution in [0.1, 0.15) is 41.5 Å². The van der Waals surface area contributed by atoms with E-state index in [-0.39, 0.29) is 0 Å². The van der Waals surface area contributed by atoms with Gasteiger partial charge in [0, 0.05) is 21.1 Å². The predicted octanol–water partition coefficient (Wildman–Crippen LogP) is 0.280. The molecule has 5 unspecified atom stereocenters. The van der Waals surface area contributed by atoms with Gasteiger partial charge < -0.3 is 0 Å². The Morgan fingerprint density at radius 2 is 1.03 bits per heavy atom. The molecule has 3 aliphatic rings. The molecule has 0 saturated carbocycles. The van der Waals surface area contributed by atoms with E-state index in [0.717, 1.165) is 14.7 Å². The highest BCUT2D eigenvalue weighted by Gasteiger charge is 2.81. The van der Waals surface area contributed by atoms with Crippen LogP contribution in [0, 0.1) is 33.5 Å². The summed E-state index contributed by atoms with van der Waals surface area (Å²) < 4.78 is 0. The van der Waals surface area contributed by atoms with Crippen LogP contribution in [0.4, 0.5) is 0 Å². The Morgan fingerprint density at radius 3 is 1.40 bits per heavy atom. The van der Waals surface area contributed by atoms with Gasteiger partial charge in [-0.15, -0.1) is 0 Å². The van der Waals surface area contributed by atoms with Gasteiger partial charge in [-0.05, 0) is 20.8 Å². The summed E-state index contributed by atoms with van der Waals surface area (Å²) in [6.45, 7) is 9.20. The maximum absolute atomic E-state index is 13.6. The van der Waals surface area contributed by atoms with E-state index < -0.39 is 68.9 Å². The van der Waals surface area contributed by atoms with E-state index in [0.29, 0.717) is 0 Å². The molecule has 0 aliphatic carbocycles. The van der Waals surface area contributed by atoms with Crippen molar-refractivity contribution in [1.82, 2.24) is 14.7 Å². The van der Waals surface area contributed by atoms with Crippen molar-refractivity contribution in [3.63, 3.8) is 0 Å². The van der Waals surface area contributed by atoms with E-state index in [1.807, 2.05) is 0 Å². The van der Waals surface area contributed by atoms with Gasteiger partial charge in [0.15, 0.2) is 0 Å². The smallest absolute Gasteiger partial charge is 0.237 e. The van der Waals surface area contributed by atoms with Crippen LogP contribution in [-0.4, -0.2) is 71.3 Å². The molecule has 0 aromatic heterocycles. The highest BCUT2D eigenvalue weighted by molar-refractivity contribution is 6.18. The zero-order valence-electron chi connectivity index (χ0n) is 18.9. The summed E-state index contributed by atoms with van der Waals surface area (Å²) in [6.07, 6.45) is 0. The Kier molecular flexibility index (Phi) is 4.25. The molecule has 0 aromatic carbocycles. The second-order valence-corrected chi connectivity index (χ2v) is 9.98. The molecule has 3 fully saturated rings. The topological polar surface area (TPSA) is 112 Å². The van der Waals surface area contributed by atoms with Gasteiger partial charge >= 0.3 is 0 Å². The third-order valence-corrected chi connectivity index (χ3v) is 8.61. The largest absolute Gasteiger partial charge is 0.285 e. The number of carbonyl (C=O) groups is 6. The van der Waals surface area contributed by atoms with E-state index >= 15 is 0 Å². The van der Waals surface area contributed by atoms with E-state index in [4.69, 9.17) is 0 Å². The second-order valence-electron chi connectivity index (χ2n) is 9.98. The molecule has 9 nitrogen and oxygen atoms in total. The lowest BCUT2D eigenvalue weighted by Crippen LogP contribution is -2.61. The fourth-order valence-electron chi connectivity index (χ4n) is 6.33. The van der Waals surface area contributed by atoms with E-state index in [1.54, 1.807) is 20.8 Å². The lowest BCUT2D eigenvalue weighted by molar-refractivity contribution is -0.171. The van der Waals surface area contributed by atoms with Crippen LogP contribution in [0.2, 0.25) is 0 Å². The lowest BCUT2D eigenvalue weighted by Gasteiger charge is -2.51. The average molecular weight is 419 g/mol. The Morgan fingerprint density at radius 1 is 0.600 bits per heavy atom. The molecule has 0 radical (unpaired) electrons. The highest BCUT2D eigenvalue weighted by Crippen LogP contribution is 2.68. The molecule has 3 rings (SSSR count). The fourth-order valence-corrected chi connectivity index (χ4v) is 6.33. The van der Waals surface area contributed by atoms with Crippen LogP contribution in [0.25, 0.3) is 0 Å². The third-order valence-electron chi connectivity index (χ3n) is 8.61. The first kappa shape index (κ1) is 22.1. The quantitative estimate of drug-likeness (QED) is 0.594. The molecule has 0 bridgehead atoms. The number of hydrogen-bond donors (Lipinski definition) is 0. The van der Waals surface area contributed by atoms with Crippen molar-refractivity contribution in [2.24, 2.45) is 33.5 Å². The number of imide groups is 3. The van der Waals surface area contributed by atoms with Gasteiger partial charge in [-0.2, -0.15) is 0 Å². The molecule has 0 aromatic rings. The van der Waals surface area contributed by atoms with Crippen LogP contribution in [0.3, 0.4) is 0 Å². The Labute approximate surface area is 175 Å². The summed E-state index contributed by atoms with van der Waals surface area (Å²) in [5, 5.41) is 0. The van der Waals surface area contributed by atoms with Crippen LogP contribution < -0.4 is 0 Å². The molecule has 0 N–H and O–H groups in total. The number of amides is 6. The van der Waals surface area contributed by atoms with Gasteiger partial charge in [-0.3, -0.25) is 43.5 Å². The maximum Gasteiger partial charge on any atom is 0.237 e. The molecule has 3 aliphatic heterocycles. The zero-order chi connectivity index (χ0) is 23.4. The summed E-state index contributed by atoms with van der Waals surface area (Å²) in [4.78, 5) is 82.2. The first-order valence-electron chi connectivity index (χ1n) is 9.93. The first-order valence-corrected chi connectivity index (χ1v) is 9.93. The molecule has 5 atom stereocenters. The fraction of sp³-hybridized carbons (Fsp3) is 0.714. The first-order chi connectivity index (χ1) is 13.5. The molecule has 164 valence electrons. The van der Waals surface area contributed by atoms with E-state index in [9.17, 15) is 28.8 Å². The molecule has 30 heavy (non-hydrogen) atoms. The minimum atomic E-state index is -1.73. The van der Waals surface area contributed by atoms with Crippen molar-refractivity contribution in [3.8, 4) is 0 Å². The Hall–Kier alpha value is -2.58. The van der Waals surface area contributed by atoms with Crippen molar-refractivity contribution >= 4 is 35.4 Å². The third kappa shape index (κ3) is 1.90. The minimum Gasteiger partial charge on any atom is -0.285 e. The average Bonchev–Trinajstić information content (AvgIpc) is 3.01. The van der Waals surface area contributed by atoms with Crippen LogP contribution in [-0.2, 0) is 28.8 Å². The van der Waals surface area contributed by atoms with Crippen molar-refractivity contribution < 1.29 is 28.8 Å². The summed E-state index contributed by atoms with van der Waals surface area (Å²) >= 11 is 0. The van der Waals surface area contributed by atoms with Crippen LogP contribution in [0.15, 0.2) is 0 Å². The molecular formula is C21H29N3O6. The monoisotopic (exact) mass is 419 g/mol. The van der Waals surface area contributed by atoms with Crippen molar-refractivity contribution in [2.45, 2.75) is 41.5 Å². The number of hydrogen-bond acceptors (Lipinski definition) is 6. The molecule has 6 amide bonds. The summed E-state index contributed by atoms with van der Waals surface area (Å²) in [5.41, 5.74) is -6.30. The maximum atomic E-state index is 13.6. The Bertz CT molecular complexity index is 941. The molecular weight excluding hydrogens is 390 g/mol. The van der Waals surface area contributed by atoms with Gasteiger partial charge in [0.1, 0.15) is 0 Å². The number of nitrogens with zero attached hydrogens (tertiary/aromatic N) is 3. The molecule has 0 spiro atoms. The molecule has 3 heterocycles. The van der Waals surface area contributed by atoms with Gasteiger partial charge in [-0.1, -0.05) is 20.8 Å². The van der Waals surface area contributed by atoms with Gasteiger partial charge in [0.2, 0.25) is 35.4 Å². The van der Waals surface area contributed by atoms with Crippen molar-refractivity contribution in [3.05, 3.63) is 0 Å². The number of carbonyl (C=O) groups excluding carboxylic acids is 6. The van der Waals surface area contributed by atoms with Crippen LogP contribution in [0.5, 0.6) is 0 Å². The zero-order valence-corrected chi connectivity index (χ0v) is 18.9. The minimum absolute atomic E-state index is 0.453.